The summed E-state index contributed by atoms with van der Waals surface area (Å²) in [7, 11) is 0. The SMILES string of the molecule is C=CCNC(=O)NC(=O)CN1CCN(Cc2cc(C)on2)CC1. The molecule has 1 fully saturated rings. The van der Waals surface area contributed by atoms with Gasteiger partial charge in [-0.1, -0.05) is 11.2 Å². The summed E-state index contributed by atoms with van der Waals surface area (Å²) in [5, 5.41) is 8.80. The van der Waals surface area contributed by atoms with Gasteiger partial charge in [0.2, 0.25) is 5.91 Å². The summed E-state index contributed by atoms with van der Waals surface area (Å²) in [6, 6.07) is 1.44. The number of carbonyl (C=O) groups is 2. The van der Waals surface area contributed by atoms with Crippen molar-refractivity contribution >= 4 is 11.9 Å². The van der Waals surface area contributed by atoms with Crippen molar-refractivity contribution in [2.75, 3.05) is 39.3 Å². The summed E-state index contributed by atoms with van der Waals surface area (Å²) in [6.07, 6.45) is 1.56. The molecular formula is C15H23N5O3. The highest BCUT2D eigenvalue weighted by atomic mass is 16.5. The molecule has 23 heavy (non-hydrogen) atoms. The average molecular weight is 321 g/mol. The standard InChI is InChI=1S/C15H23N5O3/c1-3-4-16-15(22)17-14(21)11-20-7-5-19(6-8-20)10-13-9-12(2)23-18-13/h3,9H,1,4-8,10-11H2,2H3,(H2,16,17,21,22). The van der Waals surface area contributed by atoms with Gasteiger partial charge in [0, 0.05) is 45.3 Å². The quantitative estimate of drug-likeness (QED) is 0.723. The Morgan fingerprint density at radius 2 is 2.04 bits per heavy atom. The fourth-order valence-electron chi connectivity index (χ4n) is 2.41. The Morgan fingerprint density at radius 1 is 1.35 bits per heavy atom. The van der Waals surface area contributed by atoms with E-state index in [0.29, 0.717) is 6.54 Å². The smallest absolute Gasteiger partial charge is 0.321 e. The number of nitrogens with one attached hydrogen (secondary N) is 2. The first-order chi connectivity index (χ1) is 11.1. The Bertz CT molecular complexity index is 549. The molecule has 1 aromatic heterocycles. The molecule has 0 spiro atoms. The van der Waals surface area contributed by atoms with Gasteiger partial charge in [0.15, 0.2) is 0 Å². The first kappa shape index (κ1) is 17.2. The van der Waals surface area contributed by atoms with Crippen molar-refractivity contribution in [3.05, 3.63) is 30.2 Å². The van der Waals surface area contributed by atoms with Gasteiger partial charge in [0.05, 0.1) is 12.2 Å². The van der Waals surface area contributed by atoms with E-state index in [1.54, 1.807) is 6.08 Å². The fraction of sp³-hybridized carbons (Fsp3) is 0.533. The molecule has 2 rings (SSSR count). The molecule has 0 aromatic carbocycles. The number of urea groups is 1. The van der Waals surface area contributed by atoms with E-state index in [0.717, 1.165) is 44.2 Å². The second-order valence-corrected chi connectivity index (χ2v) is 5.53. The zero-order chi connectivity index (χ0) is 16.7. The second-order valence-electron chi connectivity index (χ2n) is 5.53. The number of hydrogen-bond acceptors (Lipinski definition) is 6. The largest absolute Gasteiger partial charge is 0.361 e. The Morgan fingerprint density at radius 3 is 2.65 bits per heavy atom. The van der Waals surface area contributed by atoms with Crippen molar-refractivity contribution < 1.29 is 14.1 Å². The van der Waals surface area contributed by atoms with Crippen LogP contribution in [0.3, 0.4) is 0 Å². The van der Waals surface area contributed by atoms with Crippen LogP contribution in [-0.2, 0) is 11.3 Å². The molecule has 1 aliphatic rings. The second kappa shape index (κ2) is 8.44. The Hall–Kier alpha value is -2.19. The molecule has 2 heterocycles. The zero-order valence-corrected chi connectivity index (χ0v) is 13.4. The van der Waals surface area contributed by atoms with Gasteiger partial charge in [-0.05, 0) is 6.92 Å². The van der Waals surface area contributed by atoms with Gasteiger partial charge in [-0.2, -0.15) is 0 Å². The molecule has 8 heteroatoms. The lowest BCUT2D eigenvalue weighted by molar-refractivity contribution is -0.121. The zero-order valence-electron chi connectivity index (χ0n) is 13.4. The molecule has 0 radical (unpaired) electrons. The van der Waals surface area contributed by atoms with Gasteiger partial charge in [0.25, 0.3) is 0 Å². The number of nitrogens with zero attached hydrogens (tertiary/aromatic N) is 3. The highest BCUT2D eigenvalue weighted by molar-refractivity contribution is 5.95. The molecule has 3 amide bonds. The summed E-state index contributed by atoms with van der Waals surface area (Å²) in [6.45, 7) is 9.92. The summed E-state index contributed by atoms with van der Waals surface area (Å²) in [5.74, 6) is 0.511. The van der Waals surface area contributed by atoms with Crippen LogP contribution in [0.5, 0.6) is 0 Å². The van der Waals surface area contributed by atoms with Crippen molar-refractivity contribution in [3.63, 3.8) is 0 Å². The Kier molecular flexibility index (Phi) is 6.30. The summed E-state index contributed by atoms with van der Waals surface area (Å²) >= 11 is 0. The van der Waals surface area contributed by atoms with Gasteiger partial charge in [0.1, 0.15) is 5.76 Å². The van der Waals surface area contributed by atoms with Gasteiger partial charge in [-0.15, -0.1) is 6.58 Å². The van der Waals surface area contributed by atoms with E-state index < -0.39 is 6.03 Å². The van der Waals surface area contributed by atoms with Crippen LogP contribution in [0.1, 0.15) is 11.5 Å². The van der Waals surface area contributed by atoms with Crippen molar-refractivity contribution in [1.82, 2.24) is 25.6 Å². The van der Waals surface area contributed by atoms with E-state index in [9.17, 15) is 9.59 Å². The molecule has 0 saturated carbocycles. The molecule has 0 aliphatic carbocycles. The first-order valence-electron chi connectivity index (χ1n) is 7.62. The van der Waals surface area contributed by atoms with Crippen LogP contribution in [-0.4, -0.2) is 66.2 Å². The molecule has 0 atom stereocenters. The molecule has 1 aliphatic heterocycles. The fourth-order valence-corrected chi connectivity index (χ4v) is 2.41. The highest BCUT2D eigenvalue weighted by Crippen LogP contribution is 2.08. The third kappa shape index (κ3) is 5.84. The predicted octanol–water partition coefficient (Wildman–Crippen LogP) is 0.112. The van der Waals surface area contributed by atoms with Crippen molar-refractivity contribution in [2.24, 2.45) is 0 Å². The number of piperazine rings is 1. The predicted molar refractivity (Wildman–Crippen MR) is 84.7 cm³/mol. The van der Waals surface area contributed by atoms with E-state index in [1.807, 2.05) is 17.9 Å². The topological polar surface area (TPSA) is 90.7 Å². The van der Waals surface area contributed by atoms with Crippen LogP contribution in [0, 0.1) is 6.92 Å². The van der Waals surface area contributed by atoms with Crippen LogP contribution in [0.4, 0.5) is 4.79 Å². The number of aromatic nitrogens is 1. The number of aryl methyl sites for hydroxylation is 1. The van der Waals surface area contributed by atoms with Crippen molar-refractivity contribution in [3.8, 4) is 0 Å². The van der Waals surface area contributed by atoms with Crippen molar-refractivity contribution in [1.29, 1.82) is 0 Å². The van der Waals surface area contributed by atoms with E-state index in [-0.39, 0.29) is 12.5 Å². The van der Waals surface area contributed by atoms with Gasteiger partial charge in [-0.25, -0.2) is 4.79 Å². The van der Waals surface area contributed by atoms with Crippen LogP contribution in [0.25, 0.3) is 0 Å². The maximum Gasteiger partial charge on any atom is 0.321 e. The number of amides is 3. The van der Waals surface area contributed by atoms with Gasteiger partial charge < -0.3 is 9.84 Å². The minimum absolute atomic E-state index is 0.221. The molecule has 2 N–H and O–H groups in total. The van der Waals surface area contributed by atoms with Crippen LogP contribution >= 0.6 is 0 Å². The third-order valence-corrected chi connectivity index (χ3v) is 3.55. The maximum absolute atomic E-state index is 11.8. The van der Waals surface area contributed by atoms with Crippen molar-refractivity contribution in [2.45, 2.75) is 13.5 Å². The summed E-state index contributed by atoms with van der Waals surface area (Å²) in [5.41, 5.74) is 0.924. The molecular weight excluding hydrogens is 298 g/mol. The molecule has 1 aromatic rings. The van der Waals surface area contributed by atoms with E-state index >= 15 is 0 Å². The average Bonchev–Trinajstić information content (AvgIpc) is 2.92. The third-order valence-electron chi connectivity index (χ3n) is 3.55. The number of carbonyl (C=O) groups excluding carboxylic acids is 2. The highest BCUT2D eigenvalue weighted by Gasteiger charge is 2.20. The Labute approximate surface area is 135 Å². The first-order valence-corrected chi connectivity index (χ1v) is 7.62. The summed E-state index contributed by atoms with van der Waals surface area (Å²) < 4.78 is 5.06. The molecule has 8 nitrogen and oxygen atoms in total. The van der Waals surface area contributed by atoms with E-state index in [1.165, 1.54) is 0 Å². The lowest BCUT2D eigenvalue weighted by Gasteiger charge is -2.33. The normalized spacial score (nSPS) is 16.0. The lowest BCUT2D eigenvalue weighted by atomic mass is 10.2. The minimum Gasteiger partial charge on any atom is -0.361 e. The van der Waals surface area contributed by atoms with E-state index in [2.05, 4.69) is 27.3 Å². The number of imide groups is 1. The monoisotopic (exact) mass is 321 g/mol. The minimum atomic E-state index is -0.491. The molecule has 126 valence electrons. The molecule has 0 unspecified atom stereocenters. The Balaban J connectivity index is 1.67. The van der Waals surface area contributed by atoms with Crippen LogP contribution in [0.15, 0.2) is 23.2 Å². The van der Waals surface area contributed by atoms with E-state index in [4.69, 9.17) is 4.52 Å². The summed E-state index contributed by atoms with van der Waals surface area (Å²) in [4.78, 5) is 27.5. The van der Waals surface area contributed by atoms with Crippen LogP contribution < -0.4 is 10.6 Å². The lowest BCUT2D eigenvalue weighted by Crippen LogP contribution is -2.50. The van der Waals surface area contributed by atoms with Crippen LogP contribution in [0.2, 0.25) is 0 Å². The van der Waals surface area contributed by atoms with Gasteiger partial charge in [-0.3, -0.25) is 19.9 Å². The molecule has 0 bridgehead atoms. The number of rotatable bonds is 6. The number of hydrogen-bond donors (Lipinski definition) is 2. The molecule has 1 saturated heterocycles. The maximum atomic E-state index is 11.8. The van der Waals surface area contributed by atoms with Gasteiger partial charge >= 0.3 is 6.03 Å².